The van der Waals surface area contributed by atoms with Crippen molar-refractivity contribution in [1.82, 2.24) is 0 Å². The molecule has 0 spiro atoms. The van der Waals surface area contributed by atoms with Crippen LogP contribution in [0.1, 0.15) is 15.9 Å². The Balaban J connectivity index is 3.25. The molecule has 0 fully saturated rings. The molecule has 0 atom stereocenters. The van der Waals surface area contributed by atoms with Gasteiger partial charge in [0.2, 0.25) is 0 Å². The molecular formula is C10H10ClFO3. The third kappa shape index (κ3) is 2.39. The second-order valence-electron chi connectivity index (χ2n) is 2.77. The van der Waals surface area contributed by atoms with Gasteiger partial charge < -0.3 is 9.47 Å². The van der Waals surface area contributed by atoms with Gasteiger partial charge in [-0.05, 0) is 6.07 Å². The molecule has 1 aromatic rings. The molecule has 0 saturated heterocycles. The smallest absolute Gasteiger partial charge is 0.340 e. The molecule has 0 amide bonds. The van der Waals surface area contributed by atoms with Crippen molar-refractivity contribution in [2.45, 2.75) is 5.88 Å². The minimum atomic E-state index is -0.735. The van der Waals surface area contributed by atoms with Crippen molar-refractivity contribution in [1.29, 1.82) is 0 Å². The number of halogens is 2. The van der Waals surface area contributed by atoms with Gasteiger partial charge in [-0.25, -0.2) is 9.18 Å². The molecule has 0 aliphatic rings. The van der Waals surface area contributed by atoms with Gasteiger partial charge in [0.15, 0.2) is 0 Å². The van der Waals surface area contributed by atoms with Crippen LogP contribution < -0.4 is 4.74 Å². The lowest BCUT2D eigenvalue weighted by atomic mass is 10.1. The first-order valence-corrected chi connectivity index (χ1v) is 4.68. The molecule has 1 rings (SSSR count). The van der Waals surface area contributed by atoms with Crippen molar-refractivity contribution in [3.63, 3.8) is 0 Å². The van der Waals surface area contributed by atoms with Gasteiger partial charge >= 0.3 is 5.97 Å². The molecule has 1 aromatic carbocycles. The van der Waals surface area contributed by atoms with Crippen molar-refractivity contribution in [3.05, 3.63) is 29.1 Å². The van der Waals surface area contributed by atoms with E-state index in [0.29, 0.717) is 11.3 Å². The van der Waals surface area contributed by atoms with Crippen LogP contribution in [0, 0.1) is 5.82 Å². The van der Waals surface area contributed by atoms with Crippen LogP contribution in [-0.4, -0.2) is 20.2 Å². The third-order valence-electron chi connectivity index (χ3n) is 1.92. The highest BCUT2D eigenvalue weighted by molar-refractivity contribution is 6.17. The Bertz CT molecular complexity index is 379. The zero-order valence-electron chi connectivity index (χ0n) is 8.34. The number of rotatable bonds is 3. The van der Waals surface area contributed by atoms with E-state index in [1.165, 1.54) is 20.3 Å². The number of benzene rings is 1. The molecule has 15 heavy (non-hydrogen) atoms. The first kappa shape index (κ1) is 11.8. The maximum absolute atomic E-state index is 13.4. The first-order chi connectivity index (χ1) is 7.13. The second kappa shape index (κ2) is 4.98. The summed E-state index contributed by atoms with van der Waals surface area (Å²) < 4.78 is 22.7. The van der Waals surface area contributed by atoms with E-state index in [0.717, 1.165) is 6.07 Å². The van der Waals surface area contributed by atoms with Crippen LogP contribution in [0.15, 0.2) is 12.1 Å². The lowest BCUT2D eigenvalue weighted by Gasteiger charge is -2.08. The summed E-state index contributed by atoms with van der Waals surface area (Å²) in [5.41, 5.74) is 0.398. The van der Waals surface area contributed by atoms with Crippen LogP contribution in [-0.2, 0) is 10.6 Å². The predicted octanol–water partition coefficient (Wildman–Crippen LogP) is 2.36. The molecular weight excluding hydrogens is 223 g/mol. The molecule has 0 aliphatic carbocycles. The average Bonchev–Trinajstić information content (AvgIpc) is 2.27. The summed E-state index contributed by atoms with van der Waals surface area (Å²) in [7, 11) is 2.59. The number of carbonyl (C=O) groups excluding carboxylic acids is 1. The summed E-state index contributed by atoms with van der Waals surface area (Å²) in [6, 6.07) is 2.44. The zero-order chi connectivity index (χ0) is 11.4. The van der Waals surface area contributed by atoms with E-state index in [4.69, 9.17) is 16.3 Å². The van der Waals surface area contributed by atoms with Crippen LogP contribution in [0.5, 0.6) is 5.75 Å². The monoisotopic (exact) mass is 232 g/mol. The fourth-order valence-corrected chi connectivity index (χ4v) is 1.37. The predicted molar refractivity (Wildman–Crippen MR) is 53.8 cm³/mol. The largest absolute Gasteiger partial charge is 0.496 e. The first-order valence-electron chi connectivity index (χ1n) is 4.14. The molecule has 3 nitrogen and oxygen atoms in total. The number of carbonyl (C=O) groups is 1. The normalized spacial score (nSPS) is 9.87. The second-order valence-corrected chi connectivity index (χ2v) is 3.04. The van der Waals surface area contributed by atoms with Crippen LogP contribution in [0.4, 0.5) is 4.39 Å². The molecule has 0 heterocycles. The summed E-state index contributed by atoms with van der Waals surface area (Å²) >= 11 is 5.63. The minimum absolute atomic E-state index is 0.132. The molecule has 0 bridgehead atoms. The highest BCUT2D eigenvalue weighted by Gasteiger charge is 2.16. The van der Waals surface area contributed by atoms with Gasteiger partial charge in [-0.15, -0.1) is 11.6 Å². The summed E-state index contributed by atoms with van der Waals surface area (Å²) in [6.07, 6.45) is 0. The summed E-state index contributed by atoms with van der Waals surface area (Å²) in [4.78, 5) is 11.2. The fraction of sp³-hybridized carbons (Fsp3) is 0.300. The van der Waals surface area contributed by atoms with Crippen molar-refractivity contribution in [2.24, 2.45) is 0 Å². The highest BCUT2D eigenvalue weighted by atomic mass is 35.5. The molecule has 0 aliphatic heterocycles. The molecule has 82 valence electrons. The van der Waals surface area contributed by atoms with Gasteiger partial charge in [0.1, 0.15) is 11.6 Å². The Hall–Kier alpha value is -1.29. The molecule has 0 unspecified atom stereocenters. The van der Waals surface area contributed by atoms with E-state index in [9.17, 15) is 9.18 Å². The van der Waals surface area contributed by atoms with Crippen molar-refractivity contribution in [3.8, 4) is 5.75 Å². The van der Waals surface area contributed by atoms with E-state index in [2.05, 4.69) is 4.74 Å². The number of methoxy groups -OCH3 is 2. The van der Waals surface area contributed by atoms with Gasteiger partial charge in [0.05, 0.1) is 25.7 Å². The SMILES string of the molecule is COC(=O)c1cc(CCl)c(OC)cc1F. The van der Waals surface area contributed by atoms with Crippen LogP contribution >= 0.6 is 11.6 Å². The maximum atomic E-state index is 13.4. The van der Waals surface area contributed by atoms with Crippen molar-refractivity contribution >= 4 is 17.6 Å². The van der Waals surface area contributed by atoms with Gasteiger partial charge in [0.25, 0.3) is 0 Å². The fourth-order valence-electron chi connectivity index (χ4n) is 1.16. The summed E-state index contributed by atoms with van der Waals surface area (Å²) in [5.74, 6) is -0.975. The Labute approximate surface area is 91.7 Å². The molecule has 5 heteroatoms. The van der Waals surface area contributed by atoms with Crippen molar-refractivity contribution in [2.75, 3.05) is 14.2 Å². The van der Waals surface area contributed by atoms with E-state index in [-0.39, 0.29) is 11.4 Å². The van der Waals surface area contributed by atoms with Crippen LogP contribution in [0.2, 0.25) is 0 Å². The van der Waals surface area contributed by atoms with Crippen molar-refractivity contribution < 1.29 is 18.7 Å². The number of hydrogen-bond acceptors (Lipinski definition) is 3. The lowest BCUT2D eigenvalue weighted by molar-refractivity contribution is 0.0595. The Morgan fingerprint density at radius 2 is 2.13 bits per heavy atom. The van der Waals surface area contributed by atoms with Gasteiger partial charge in [-0.3, -0.25) is 0 Å². The number of ether oxygens (including phenoxy) is 2. The van der Waals surface area contributed by atoms with Gasteiger partial charge in [-0.2, -0.15) is 0 Å². The van der Waals surface area contributed by atoms with E-state index in [1.54, 1.807) is 0 Å². The Morgan fingerprint density at radius 1 is 1.47 bits per heavy atom. The number of esters is 1. The van der Waals surface area contributed by atoms with Gasteiger partial charge in [0, 0.05) is 11.6 Å². The lowest BCUT2D eigenvalue weighted by Crippen LogP contribution is -2.06. The van der Waals surface area contributed by atoms with E-state index >= 15 is 0 Å². The Morgan fingerprint density at radius 3 is 2.60 bits per heavy atom. The summed E-state index contributed by atoms with van der Waals surface area (Å²) in [6.45, 7) is 0. The third-order valence-corrected chi connectivity index (χ3v) is 2.21. The topological polar surface area (TPSA) is 35.5 Å². The van der Waals surface area contributed by atoms with E-state index < -0.39 is 11.8 Å². The molecule has 0 saturated carbocycles. The molecule has 0 radical (unpaired) electrons. The number of hydrogen-bond donors (Lipinski definition) is 0. The van der Waals surface area contributed by atoms with E-state index in [1.807, 2.05) is 0 Å². The maximum Gasteiger partial charge on any atom is 0.340 e. The van der Waals surface area contributed by atoms with Gasteiger partial charge in [-0.1, -0.05) is 0 Å². The summed E-state index contributed by atoms with van der Waals surface area (Å²) in [5, 5.41) is 0. The standard InChI is InChI=1S/C10H10ClFO3/c1-14-9-4-8(12)7(10(13)15-2)3-6(9)5-11/h3-4H,5H2,1-2H3. The minimum Gasteiger partial charge on any atom is -0.496 e. The Kier molecular flexibility index (Phi) is 3.91. The quantitative estimate of drug-likeness (QED) is 0.593. The van der Waals surface area contributed by atoms with Crippen LogP contribution in [0.3, 0.4) is 0 Å². The molecule has 0 N–H and O–H groups in total. The number of alkyl halides is 1. The average molecular weight is 233 g/mol. The zero-order valence-corrected chi connectivity index (χ0v) is 9.10. The van der Waals surface area contributed by atoms with Crippen LogP contribution in [0.25, 0.3) is 0 Å². The molecule has 0 aromatic heterocycles. The highest BCUT2D eigenvalue weighted by Crippen LogP contribution is 2.24.